The second-order valence-corrected chi connectivity index (χ2v) is 5.89. The van der Waals surface area contributed by atoms with Crippen LogP contribution in [0.15, 0.2) is 22.9 Å². The van der Waals surface area contributed by atoms with Crippen molar-refractivity contribution in [2.75, 3.05) is 6.54 Å². The Kier molecular flexibility index (Phi) is 4.09. The molecule has 0 aromatic carbocycles. The first-order valence-electron chi connectivity index (χ1n) is 5.43. The van der Waals surface area contributed by atoms with Crippen LogP contribution in [0.3, 0.4) is 0 Å². The van der Waals surface area contributed by atoms with Gasteiger partial charge >= 0.3 is 0 Å². The standard InChI is InChI=1S/C12H16N2S2/c1-9(12-8-16-10(2)14-12)13-6-5-11-4-3-7-15-11/h3-4,7-9,13H,5-6H2,1-2H3. The Bertz CT molecular complexity index is 420. The lowest BCUT2D eigenvalue weighted by Gasteiger charge is -2.10. The van der Waals surface area contributed by atoms with Gasteiger partial charge in [-0.1, -0.05) is 6.07 Å². The second kappa shape index (κ2) is 5.57. The van der Waals surface area contributed by atoms with E-state index in [0.29, 0.717) is 6.04 Å². The molecule has 1 atom stereocenters. The Morgan fingerprint density at radius 2 is 2.31 bits per heavy atom. The SMILES string of the molecule is Cc1nc(C(C)NCCc2cccs2)cs1. The highest BCUT2D eigenvalue weighted by molar-refractivity contribution is 7.10. The van der Waals surface area contributed by atoms with Crippen molar-refractivity contribution >= 4 is 22.7 Å². The molecule has 2 aromatic rings. The van der Waals surface area contributed by atoms with Crippen molar-refractivity contribution in [3.8, 4) is 0 Å². The number of hydrogen-bond acceptors (Lipinski definition) is 4. The van der Waals surface area contributed by atoms with Crippen molar-refractivity contribution in [1.82, 2.24) is 10.3 Å². The van der Waals surface area contributed by atoms with E-state index in [0.717, 1.165) is 23.7 Å². The number of thiazole rings is 1. The predicted octanol–water partition coefficient (Wildman–Crippen LogP) is 3.41. The Morgan fingerprint density at radius 3 is 2.94 bits per heavy atom. The third-order valence-corrected chi connectivity index (χ3v) is 4.21. The lowest BCUT2D eigenvalue weighted by Crippen LogP contribution is -2.21. The Balaban J connectivity index is 1.78. The van der Waals surface area contributed by atoms with Crippen LogP contribution in [0, 0.1) is 6.92 Å². The van der Waals surface area contributed by atoms with E-state index in [2.05, 4.69) is 40.1 Å². The molecule has 2 aromatic heterocycles. The molecule has 0 bridgehead atoms. The molecule has 0 aliphatic heterocycles. The molecule has 2 heterocycles. The van der Waals surface area contributed by atoms with E-state index in [1.807, 2.05) is 18.3 Å². The van der Waals surface area contributed by atoms with Gasteiger partial charge in [0.15, 0.2) is 0 Å². The van der Waals surface area contributed by atoms with E-state index in [1.165, 1.54) is 4.88 Å². The number of aromatic nitrogens is 1. The minimum absolute atomic E-state index is 0.352. The summed E-state index contributed by atoms with van der Waals surface area (Å²) in [6.07, 6.45) is 1.10. The van der Waals surface area contributed by atoms with Crippen LogP contribution in [0.4, 0.5) is 0 Å². The smallest absolute Gasteiger partial charge is 0.0898 e. The van der Waals surface area contributed by atoms with E-state index in [9.17, 15) is 0 Å². The minimum Gasteiger partial charge on any atom is -0.308 e. The molecule has 4 heteroatoms. The van der Waals surface area contributed by atoms with Gasteiger partial charge in [-0.25, -0.2) is 4.98 Å². The quantitative estimate of drug-likeness (QED) is 0.882. The first-order chi connectivity index (χ1) is 7.75. The molecule has 0 fully saturated rings. The number of thiophene rings is 1. The van der Waals surface area contributed by atoms with E-state index in [1.54, 1.807) is 11.3 Å². The summed E-state index contributed by atoms with van der Waals surface area (Å²) in [6.45, 7) is 5.23. The van der Waals surface area contributed by atoms with Crippen LogP contribution in [0.2, 0.25) is 0 Å². The van der Waals surface area contributed by atoms with Crippen LogP contribution in [0.5, 0.6) is 0 Å². The highest BCUT2D eigenvalue weighted by Crippen LogP contribution is 2.16. The fraction of sp³-hybridized carbons (Fsp3) is 0.417. The molecule has 0 saturated carbocycles. The largest absolute Gasteiger partial charge is 0.308 e. The summed E-state index contributed by atoms with van der Waals surface area (Å²) >= 11 is 3.54. The zero-order chi connectivity index (χ0) is 11.4. The van der Waals surface area contributed by atoms with Crippen molar-refractivity contribution in [1.29, 1.82) is 0 Å². The topological polar surface area (TPSA) is 24.9 Å². The van der Waals surface area contributed by atoms with Gasteiger partial charge in [0, 0.05) is 22.8 Å². The lowest BCUT2D eigenvalue weighted by atomic mass is 10.2. The fourth-order valence-corrected chi connectivity index (χ4v) is 2.97. The Labute approximate surface area is 104 Å². The van der Waals surface area contributed by atoms with Crippen molar-refractivity contribution in [2.45, 2.75) is 26.3 Å². The number of nitrogens with one attached hydrogen (secondary N) is 1. The molecule has 2 rings (SSSR count). The van der Waals surface area contributed by atoms with Gasteiger partial charge in [0.2, 0.25) is 0 Å². The number of hydrogen-bond donors (Lipinski definition) is 1. The molecule has 16 heavy (non-hydrogen) atoms. The summed E-state index contributed by atoms with van der Waals surface area (Å²) < 4.78 is 0. The van der Waals surface area contributed by atoms with E-state index >= 15 is 0 Å². The average molecular weight is 252 g/mol. The maximum Gasteiger partial charge on any atom is 0.0898 e. The first kappa shape index (κ1) is 11.8. The van der Waals surface area contributed by atoms with Crippen molar-refractivity contribution in [2.24, 2.45) is 0 Å². The molecule has 0 radical (unpaired) electrons. The molecule has 2 nitrogen and oxygen atoms in total. The average Bonchev–Trinajstić information content (AvgIpc) is 2.89. The number of aryl methyl sites for hydroxylation is 1. The first-order valence-corrected chi connectivity index (χ1v) is 7.19. The van der Waals surface area contributed by atoms with Gasteiger partial charge in [0.1, 0.15) is 0 Å². The molecular formula is C12H16N2S2. The molecule has 0 spiro atoms. The molecule has 0 aliphatic rings. The van der Waals surface area contributed by atoms with Crippen LogP contribution in [0.25, 0.3) is 0 Å². The van der Waals surface area contributed by atoms with Gasteiger partial charge in [0.25, 0.3) is 0 Å². The molecule has 1 unspecified atom stereocenters. The maximum absolute atomic E-state index is 4.48. The second-order valence-electron chi connectivity index (χ2n) is 3.80. The minimum atomic E-state index is 0.352. The van der Waals surface area contributed by atoms with Crippen molar-refractivity contribution in [3.05, 3.63) is 38.5 Å². The van der Waals surface area contributed by atoms with Crippen molar-refractivity contribution < 1.29 is 0 Å². The van der Waals surface area contributed by atoms with Crippen LogP contribution >= 0.6 is 22.7 Å². The monoisotopic (exact) mass is 252 g/mol. The summed E-state index contributed by atoms with van der Waals surface area (Å²) in [6, 6.07) is 4.64. The molecule has 0 amide bonds. The number of rotatable bonds is 5. The highest BCUT2D eigenvalue weighted by atomic mass is 32.1. The highest BCUT2D eigenvalue weighted by Gasteiger charge is 2.07. The molecule has 86 valence electrons. The molecule has 1 N–H and O–H groups in total. The van der Waals surface area contributed by atoms with Gasteiger partial charge < -0.3 is 5.32 Å². The Hall–Kier alpha value is -0.710. The molecule has 0 aliphatic carbocycles. The van der Waals surface area contributed by atoms with Gasteiger partial charge in [-0.15, -0.1) is 22.7 Å². The summed E-state index contributed by atoms with van der Waals surface area (Å²) in [5.41, 5.74) is 1.16. The van der Waals surface area contributed by atoms with E-state index in [-0.39, 0.29) is 0 Å². The third kappa shape index (κ3) is 3.14. The molecule has 0 saturated heterocycles. The number of nitrogens with zero attached hydrogens (tertiary/aromatic N) is 1. The zero-order valence-corrected chi connectivity index (χ0v) is 11.2. The summed E-state index contributed by atoms with van der Waals surface area (Å²) in [5.74, 6) is 0. The van der Waals surface area contributed by atoms with E-state index in [4.69, 9.17) is 0 Å². The summed E-state index contributed by atoms with van der Waals surface area (Å²) in [5, 5.41) is 8.91. The summed E-state index contributed by atoms with van der Waals surface area (Å²) in [4.78, 5) is 5.92. The van der Waals surface area contributed by atoms with E-state index < -0.39 is 0 Å². The summed E-state index contributed by atoms with van der Waals surface area (Å²) in [7, 11) is 0. The van der Waals surface area contributed by atoms with Crippen LogP contribution < -0.4 is 5.32 Å². The van der Waals surface area contributed by atoms with Crippen molar-refractivity contribution in [3.63, 3.8) is 0 Å². The van der Waals surface area contributed by atoms with Gasteiger partial charge in [-0.05, 0) is 31.7 Å². The van der Waals surface area contributed by atoms with Gasteiger partial charge in [-0.2, -0.15) is 0 Å². The normalized spacial score (nSPS) is 12.9. The molecular weight excluding hydrogens is 236 g/mol. The third-order valence-electron chi connectivity index (χ3n) is 2.48. The van der Waals surface area contributed by atoms with Crippen LogP contribution in [0.1, 0.15) is 28.5 Å². The Morgan fingerprint density at radius 1 is 1.44 bits per heavy atom. The van der Waals surface area contributed by atoms with Crippen LogP contribution in [-0.2, 0) is 6.42 Å². The lowest BCUT2D eigenvalue weighted by molar-refractivity contribution is 0.567. The predicted molar refractivity (Wildman–Crippen MR) is 71.3 cm³/mol. The van der Waals surface area contributed by atoms with Gasteiger partial charge in [-0.3, -0.25) is 0 Å². The van der Waals surface area contributed by atoms with Crippen LogP contribution in [-0.4, -0.2) is 11.5 Å². The fourth-order valence-electron chi connectivity index (χ4n) is 1.55. The zero-order valence-electron chi connectivity index (χ0n) is 9.56. The maximum atomic E-state index is 4.48. The van der Waals surface area contributed by atoms with Gasteiger partial charge in [0.05, 0.1) is 10.7 Å².